The Labute approximate surface area is 104 Å². The SMILES string of the molecule is COC(=O)Cc1c(Cl)cc(CCl)cc1C#N. The first-order valence-electron chi connectivity index (χ1n) is 4.46. The lowest BCUT2D eigenvalue weighted by atomic mass is 10.0. The summed E-state index contributed by atoms with van der Waals surface area (Å²) in [5.74, 6) is -0.163. The number of nitriles is 1. The average Bonchev–Trinajstić information content (AvgIpc) is 2.30. The van der Waals surface area contributed by atoms with Gasteiger partial charge in [-0.2, -0.15) is 5.26 Å². The average molecular weight is 258 g/mol. The number of nitrogens with zero attached hydrogens (tertiary/aromatic N) is 1. The maximum atomic E-state index is 11.1. The maximum Gasteiger partial charge on any atom is 0.310 e. The number of alkyl halides is 1. The zero-order valence-electron chi connectivity index (χ0n) is 8.59. The molecule has 0 amide bonds. The zero-order valence-corrected chi connectivity index (χ0v) is 10.1. The van der Waals surface area contributed by atoms with E-state index in [1.54, 1.807) is 12.1 Å². The first-order valence-corrected chi connectivity index (χ1v) is 5.37. The summed E-state index contributed by atoms with van der Waals surface area (Å²) in [5.41, 5.74) is 1.58. The van der Waals surface area contributed by atoms with Crippen LogP contribution < -0.4 is 0 Å². The van der Waals surface area contributed by atoms with Crippen molar-refractivity contribution in [1.29, 1.82) is 5.26 Å². The van der Waals surface area contributed by atoms with Crippen molar-refractivity contribution in [1.82, 2.24) is 0 Å². The van der Waals surface area contributed by atoms with Gasteiger partial charge in [0.2, 0.25) is 0 Å². The Morgan fingerprint density at radius 2 is 2.25 bits per heavy atom. The van der Waals surface area contributed by atoms with Gasteiger partial charge in [-0.05, 0) is 23.3 Å². The van der Waals surface area contributed by atoms with E-state index in [-0.39, 0.29) is 12.3 Å². The Kier molecular flexibility index (Phi) is 4.60. The molecule has 0 aliphatic carbocycles. The van der Waals surface area contributed by atoms with Crippen LogP contribution in [0, 0.1) is 11.3 Å². The summed E-state index contributed by atoms with van der Waals surface area (Å²) in [5, 5.41) is 9.31. The summed E-state index contributed by atoms with van der Waals surface area (Å²) in [7, 11) is 1.29. The van der Waals surface area contributed by atoms with Gasteiger partial charge in [0.15, 0.2) is 0 Å². The summed E-state index contributed by atoms with van der Waals surface area (Å²) in [6.07, 6.45) is -0.0131. The molecule has 0 aromatic heterocycles. The summed E-state index contributed by atoms with van der Waals surface area (Å²) < 4.78 is 4.53. The van der Waals surface area contributed by atoms with Gasteiger partial charge in [0.1, 0.15) is 0 Å². The third-order valence-electron chi connectivity index (χ3n) is 2.08. The normalized spacial score (nSPS) is 9.62. The molecule has 1 aromatic rings. The molecule has 0 bridgehead atoms. The molecule has 0 N–H and O–H groups in total. The minimum atomic E-state index is -0.433. The third kappa shape index (κ3) is 2.88. The largest absolute Gasteiger partial charge is 0.469 e. The van der Waals surface area contributed by atoms with Crippen LogP contribution in [0.4, 0.5) is 0 Å². The van der Waals surface area contributed by atoms with Gasteiger partial charge in [-0.3, -0.25) is 4.79 Å². The number of hydrogen-bond donors (Lipinski definition) is 0. The topological polar surface area (TPSA) is 50.1 Å². The molecule has 0 aliphatic rings. The van der Waals surface area contributed by atoms with Crippen molar-refractivity contribution in [3.63, 3.8) is 0 Å². The Balaban J connectivity index is 3.18. The molecule has 0 atom stereocenters. The highest BCUT2D eigenvalue weighted by atomic mass is 35.5. The number of hydrogen-bond acceptors (Lipinski definition) is 3. The van der Waals surface area contributed by atoms with Crippen LogP contribution in [-0.4, -0.2) is 13.1 Å². The van der Waals surface area contributed by atoms with Crippen LogP contribution in [-0.2, 0) is 21.8 Å². The second-order valence-corrected chi connectivity index (χ2v) is 3.78. The number of carbonyl (C=O) groups excluding carboxylic acids is 1. The Bertz CT molecular complexity index is 452. The van der Waals surface area contributed by atoms with E-state index in [1.165, 1.54) is 7.11 Å². The predicted molar refractivity (Wildman–Crippen MR) is 61.4 cm³/mol. The summed E-state index contributed by atoms with van der Waals surface area (Å²) in [6.45, 7) is 0. The van der Waals surface area contributed by atoms with Gasteiger partial charge >= 0.3 is 5.97 Å². The van der Waals surface area contributed by atoms with Crippen LogP contribution in [0.3, 0.4) is 0 Å². The van der Waals surface area contributed by atoms with Crippen molar-refractivity contribution >= 4 is 29.2 Å². The summed E-state index contributed by atoms with van der Waals surface area (Å²) in [6, 6.07) is 5.26. The molecule has 0 heterocycles. The van der Waals surface area contributed by atoms with Crippen molar-refractivity contribution in [2.75, 3.05) is 7.11 Å². The monoisotopic (exact) mass is 257 g/mol. The lowest BCUT2D eigenvalue weighted by Crippen LogP contribution is -2.07. The third-order valence-corrected chi connectivity index (χ3v) is 2.72. The standard InChI is InChI=1S/C11H9Cl2NO2/c1-16-11(15)4-9-8(6-14)2-7(5-12)3-10(9)13/h2-3H,4-5H2,1H3. The van der Waals surface area contributed by atoms with E-state index in [0.717, 1.165) is 5.56 Å². The van der Waals surface area contributed by atoms with Crippen LogP contribution >= 0.6 is 23.2 Å². The smallest absolute Gasteiger partial charge is 0.310 e. The van der Waals surface area contributed by atoms with Crippen molar-refractivity contribution in [2.24, 2.45) is 0 Å². The fourth-order valence-corrected chi connectivity index (χ4v) is 1.73. The van der Waals surface area contributed by atoms with E-state index >= 15 is 0 Å². The van der Waals surface area contributed by atoms with Gasteiger partial charge in [0.25, 0.3) is 0 Å². The Morgan fingerprint density at radius 3 is 2.75 bits per heavy atom. The number of ether oxygens (including phenoxy) is 1. The number of esters is 1. The van der Waals surface area contributed by atoms with Crippen molar-refractivity contribution in [3.05, 3.63) is 33.8 Å². The van der Waals surface area contributed by atoms with E-state index in [4.69, 9.17) is 28.5 Å². The highest BCUT2D eigenvalue weighted by molar-refractivity contribution is 6.31. The first-order chi connectivity index (χ1) is 7.62. The van der Waals surface area contributed by atoms with E-state index in [2.05, 4.69) is 4.74 Å². The molecule has 0 spiro atoms. The molecule has 5 heteroatoms. The van der Waals surface area contributed by atoms with Gasteiger partial charge in [-0.1, -0.05) is 11.6 Å². The predicted octanol–water partition coefficient (Wildman–Crippen LogP) is 2.67. The molecule has 0 unspecified atom stereocenters. The molecule has 0 aliphatic heterocycles. The Hall–Kier alpha value is -1.24. The molecule has 1 rings (SSSR count). The zero-order chi connectivity index (χ0) is 12.1. The molecule has 0 saturated heterocycles. The summed E-state index contributed by atoms with van der Waals surface area (Å²) >= 11 is 11.6. The molecule has 0 fully saturated rings. The van der Waals surface area contributed by atoms with E-state index in [9.17, 15) is 4.79 Å². The lowest BCUT2D eigenvalue weighted by molar-refractivity contribution is -0.139. The fourth-order valence-electron chi connectivity index (χ4n) is 1.27. The second-order valence-electron chi connectivity index (χ2n) is 3.10. The van der Waals surface area contributed by atoms with Gasteiger partial charge < -0.3 is 4.74 Å². The van der Waals surface area contributed by atoms with Gasteiger partial charge in [0.05, 0.1) is 25.2 Å². The molecular weight excluding hydrogens is 249 g/mol. The molecule has 0 radical (unpaired) electrons. The number of benzene rings is 1. The van der Waals surface area contributed by atoms with E-state index in [1.807, 2.05) is 6.07 Å². The maximum absolute atomic E-state index is 11.1. The van der Waals surface area contributed by atoms with Crippen molar-refractivity contribution in [2.45, 2.75) is 12.3 Å². The van der Waals surface area contributed by atoms with E-state index in [0.29, 0.717) is 16.1 Å². The minimum absolute atomic E-state index is 0.0131. The molecule has 16 heavy (non-hydrogen) atoms. The van der Waals surface area contributed by atoms with Gasteiger partial charge in [-0.25, -0.2) is 0 Å². The molecule has 84 valence electrons. The van der Waals surface area contributed by atoms with Crippen molar-refractivity contribution in [3.8, 4) is 6.07 Å². The van der Waals surface area contributed by atoms with Crippen LogP contribution in [0.5, 0.6) is 0 Å². The Morgan fingerprint density at radius 1 is 1.56 bits per heavy atom. The number of methoxy groups -OCH3 is 1. The van der Waals surface area contributed by atoms with Crippen molar-refractivity contribution < 1.29 is 9.53 Å². The van der Waals surface area contributed by atoms with Gasteiger partial charge in [0, 0.05) is 10.9 Å². The molecular formula is C11H9Cl2NO2. The fraction of sp³-hybridized carbons (Fsp3) is 0.273. The lowest BCUT2D eigenvalue weighted by Gasteiger charge is -2.07. The van der Waals surface area contributed by atoms with Crippen LogP contribution in [0.2, 0.25) is 5.02 Å². The first kappa shape index (κ1) is 12.8. The summed E-state index contributed by atoms with van der Waals surface area (Å²) in [4.78, 5) is 11.1. The van der Waals surface area contributed by atoms with Crippen LogP contribution in [0.15, 0.2) is 12.1 Å². The molecule has 0 saturated carbocycles. The van der Waals surface area contributed by atoms with Crippen LogP contribution in [0.1, 0.15) is 16.7 Å². The minimum Gasteiger partial charge on any atom is -0.469 e. The second kappa shape index (κ2) is 5.74. The highest BCUT2D eigenvalue weighted by Gasteiger charge is 2.13. The van der Waals surface area contributed by atoms with Gasteiger partial charge in [-0.15, -0.1) is 11.6 Å². The molecule has 1 aromatic carbocycles. The number of carbonyl (C=O) groups is 1. The number of rotatable bonds is 3. The number of halogens is 2. The van der Waals surface area contributed by atoms with E-state index < -0.39 is 5.97 Å². The molecule has 3 nitrogen and oxygen atoms in total. The van der Waals surface area contributed by atoms with Crippen LogP contribution in [0.25, 0.3) is 0 Å². The highest BCUT2D eigenvalue weighted by Crippen LogP contribution is 2.24. The quantitative estimate of drug-likeness (QED) is 0.618.